The van der Waals surface area contributed by atoms with Gasteiger partial charge in [-0.05, 0) is 36.5 Å². The van der Waals surface area contributed by atoms with Crippen LogP contribution < -0.4 is 27.4 Å². The number of aliphatic carboxylic acids is 1. The number of carbonyl (C=O) groups is 5. The van der Waals surface area contributed by atoms with E-state index in [0.717, 1.165) is 0 Å². The van der Waals surface area contributed by atoms with Gasteiger partial charge < -0.3 is 42.7 Å². The lowest BCUT2D eigenvalue weighted by Gasteiger charge is -2.25. The second-order valence-electron chi connectivity index (χ2n) is 8.82. The summed E-state index contributed by atoms with van der Waals surface area (Å²) in [6, 6.07) is 0.688. The van der Waals surface area contributed by atoms with Gasteiger partial charge in [-0.3, -0.25) is 19.2 Å². The zero-order chi connectivity index (χ0) is 27.4. The number of phenolic OH excluding ortho intramolecular Hbond substituents is 1. The molecule has 0 fully saturated rings. The number of amides is 4. The fraction of sp³-hybridized carbons (Fsp3) is 0.522. The SMILES string of the molecule is CC(C)CC(NC(=O)C(N)CO)C(=O)NC(CCC(N)=O)C(=O)NC(Cc1ccc(O)cc1)C(=O)O. The van der Waals surface area contributed by atoms with Gasteiger partial charge in [0.1, 0.15) is 29.9 Å². The zero-order valence-electron chi connectivity index (χ0n) is 20.3. The molecule has 0 bridgehead atoms. The average Bonchev–Trinajstić information content (AvgIpc) is 2.80. The average molecular weight is 510 g/mol. The first-order chi connectivity index (χ1) is 16.8. The molecule has 0 aliphatic carbocycles. The largest absolute Gasteiger partial charge is 0.508 e. The number of nitrogens with two attached hydrogens (primary N) is 2. The molecule has 10 N–H and O–H groups in total. The van der Waals surface area contributed by atoms with Crippen molar-refractivity contribution in [1.82, 2.24) is 16.0 Å². The molecule has 4 amide bonds. The number of carbonyl (C=O) groups excluding carboxylic acids is 4. The number of primary amides is 1. The summed E-state index contributed by atoms with van der Waals surface area (Å²) < 4.78 is 0. The highest BCUT2D eigenvalue weighted by atomic mass is 16.4. The minimum Gasteiger partial charge on any atom is -0.508 e. The lowest BCUT2D eigenvalue weighted by atomic mass is 10.0. The maximum absolute atomic E-state index is 13.0. The molecule has 0 saturated carbocycles. The van der Waals surface area contributed by atoms with Crippen LogP contribution in [0.1, 0.15) is 38.7 Å². The Balaban J connectivity index is 3.04. The third-order valence-corrected chi connectivity index (χ3v) is 5.18. The van der Waals surface area contributed by atoms with Crippen molar-refractivity contribution in [3.63, 3.8) is 0 Å². The second kappa shape index (κ2) is 14.6. The van der Waals surface area contributed by atoms with Crippen molar-refractivity contribution in [3.05, 3.63) is 29.8 Å². The second-order valence-corrected chi connectivity index (χ2v) is 8.82. The molecule has 1 rings (SSSR count). The van der Waals surface area contributed by atoms with Gasteiger partial charge in [0.05, 0.1) is 6.61 Å². The molecule has 0 heterocycles. The van der Waals surface area contributed by atoms with Gasteiger partial charge in [0.25, 0.3) is 0 Å². The summed E-state index contributed by atoms with van der Waals surface area (Å²) in [5.74, 6) is -4.51. The summed E-state index contributed by atoms with van der Waals surface area (Å²) in [6.45, 7) is 2.97. The molecule has 200 valence electrons. The number of carboxylic acid groups (broad SMARTS) is 1. The molecule has 0 aliphatic rings. The van der Waals surface area contributed by atoms with Crippen molar-refractivity contribution in [2.75, 3.05) is 6.61 Å². The molecule has 1 aromatic carbocycles. The molecule has 4 unspecified atom stereocenters. The highest BCUT2D eigenvalue weighted by molar-refractivity contribution is 5.94. The lowest BCUT2D eigenvalue weighted by Crippen LogP contribution is -2.57. The first-order valence-electron chi connectivity index (χ1n) is 11.4. The number of phenols is 1. The van der Waals surface area contributed by atoms with Crippen LogP contribution in [0.3, 0.4) is 0 Å². The van der Waals surface area contributed by atoms with Crippen molar-refractivity contribution >= 4 is 29.6 Å². The topological polar surface area (TPSA) is 234 Å². The Hall–Kier alpha value is -3.71. The van der Waals surface area contributed by atoms with Crippen LogP contribution in [0.2, 0.25) is 0 Å². The maximum atomic E-state index is 13.0. The molecule has 0 radical (unpaired) electrons. The van der Waals surface area contributed by atoms with Crippen LogP contribution in [0.15, 0.2) is 24.3 Å². The van der Waals surface area contributed by atoms with Crippen molar-refractivity contribution < 1.29 is 39.3 Å². The van der Waals surface area contributed by atoms with Crippen molar-refractivity contribution in [2.45, 2.75) is 63.7 Å². The van der Waals surface area contributed by atoms with Gasteiger partial charge in [-0.15, -0.1) is 0 Å². The smallest absolute Gasteiger partial charge is 0.326 e. The number of aromatic hydroxyl groups is 1. The highest BCUT2D eigenvalue weighted by Crippen LogP contribution is 2.12. The summed E-state index contributed by atoms with van der Waals surface area (Å²) in [6.07, 6.45) is -0.414. The van der Waals surface area contributed by atoms with Crippen LogP contribution in [0.5, 0.6) is 5.75 Å². The number of rotatable bonds is 15. The van der Waals surface area contributed by atoms with Gasteiger partial charge >= 0.3 is 5.97 Å². The Morgan fingerprint density at radius 2 is 1.42 bits per heavy atom. The third kappa shape index (κ3) is 10.7. The van der Waals surface area contributed by atoms with Crippen LogP contribution in [-0.2, 0) is 30.4 Å². The van der Waals surface area contributed by atoms with E-state index in [1.54, 1.807) is 13.8 Å². The zero-order valence-corrected chi connectivity index (χ0v) is 20.3. The van der Waals surface area contributed by atoms with E-state index in [4.69, 9.17) is 16.6 Å². The first-order valence-corrected chi connectivity index (χ1v) is 11.4. The van der Waals surface area contributed by atoms with E-state index in [2.05, 4.69) is 16.0 Å². The van der Waals surface area contributed by atoms with Crippen LogP contribution in [0, 0.1) is 5.92 Å². The number of carboxylic acids is 1. The number of aliphatic hydroxyl groups excluding tert-OH is 1. The molecule has 13 nitrogen and oxygen atoms in total. The molecule has 0 saturated heterocycles. The fourth-order valence-corrected chi connectivity index (χ4v) is 3.23. The number of nitrogens with one attached hydrogen (secondary N) is 3. The Bertz CT molecular complexity index is 922. The summed E-state index contributed by atoms with van der Waals surface area (Å²) in [7, 11) is 0. The number of aliphatic hydroxyl groups is 1. The molecule has 4 atom stereocenters. The van der Waals surface area contributed by atoms with E-state index in [-0.39, 0.29) is 37.4 Å². The molecule has 0 aliphatic heterocycles. The molecule has 36 heavy (non-hydrogen) atoms. The van der Waals surface area contributed by atoms with Gasteiger partial charge in [0.2, 0.25) is 23.6 Å². The summed E-state index contributed by atoms with van der Waals surface area (Å²) in [5, 5.41) is 35.3. The van der Waals surface area contributed by atoms with E-state index >= 15 is 0 Å². The highest BCUT2D eigenvalue weighted by Gasteiger charge is 2.31. The van der Waals surface area contributed by atoms with Crippen molar-refractivity contribution in [2.24, 2.45) is 17.4 Å². The quantitative estimate of drug-likeness (QED) is 0.132. The first kappa shape index (κ1) is 30.3. The number of benzene rings is 1. The van der Waals surface area contributed by atoms with E-state index in [9.17, 15) is 34.2 Å². The molecular weight excluding hydrogens is 474 g/mol. The maximum Gasteiger partial charge on any atom is 0.326 e. The van der Waals surface area contributed by atoms with Crippen LogP contribution in [0.25, 0.3) is 0 Å². The van der Waals surface area contributed by atoms with Gasteiger partial charge in [-0.2, -0.15) is 0 Å². The Labute approximate surface area is 208 Å². The summed E-state index contributed by atoms with van der Waals surface area (Å²) >= 11 is 0. The summed E-state index contributed by atoms with van der Waals surface area (Å²) in [4.78, 5) is 61.1. The number of hydrogen-bond acceptors (Lipinski definition) is 8. The minimum atomic E-state index is -1.37. The van der Waals surface area contributed by atoms with Gasteiger partial charge in [0.15, 0.2) is 0 Å². The lowest BCUT2D eigenvalue weighted by molar-refractivity contribution is -0.142. The van der Waals surface area contributed by atoms with Crippen LogP contribution in [-0.4, -0.2) is 75.7 Å². The fourth-order valence-electron chi connectivity index (χ4n) is 3.23. The monoisotopic (exact) mass is 509 g/mol. The van der Waals surface area contributed by atoms with Gasteiger partial charge in [0, 0.05) is 12.8 Å². The summed E-state index contributed by atoms with van der Waals surface area (Å²) in [5.41, 5.74) is 11.2. The van der Waals surface area contributed by atoms with Crippen molar-refractivity contribution in [1.29, 1.82) is 0 Å². The molecule has 1 aromatic rings. The normalized spacial score (nSPS) is 14.2. The van der Waals surface area contributed by atoms with E-state index in [1.165, 1.54) is 24.3 Å². The Morgan fingerprint density at radius 1 is 0.889 bits per heavy atom. The van der Waals surface area contributed by atoms with E-state index in [0.29, 0.717) is 5.56 Å². The van der Waals surface area contributed by atoms with E-state index in [1.807, 2.05) is 0 Å². The molecule has 0 spiro atoms. The molecular formula is C23H35N5O8. The molecule has 0 aromatic heterocycles. The molecule has 13 heteroatoms. The van der Waals surface area contributed by atoms with Crippen molar-refractivity contribution in [3.8, 4) is 5.75 Å². The Kier molecular flexibility index (Phi) is 12.3. The minimum absolute atomic E-state index is 0.00752. The Morgan fingerprint density at radius 3 is 1.92 bits per heavy atom. The van der Waals surface area contributed by atoms with E-state index < -0.39 is 60.4 Å². The van der Waals surface area contributed by atoms with Crippen LogP contribution >= 0.6 is 0 Å². The predicted octanol–water partition coefficient (Wildman–Crippen LogP) is -1.90. The standard InChI is InChI=1S/C23H35N5O8/c1-12(2)9-17(27-20(32)15(24)11-29)22(34)26-16(7-8-19(25)31)21(33)28-18(23(35)36)10-13-3-5-14(30)6-4-13/h3-6,12,15-18,29-30H,7-11,24H2,1-2H3,(H2,25,31)(H,26,34)(H,27,32)(H,28,33)(H,35,36). The van der Waals surface area contributed by atoms with Crippen LogP contribution in [0.4, 0.5) is 0 Å². The predicted molar refractivity (Wildman–Crippen MR) is 128 cm³/mol. The van der Waals surface area contributed by atoms with Gasteiger partial charge in [-0.25, -0.2) is 4.79 Å². The third-order valence-electron chi connectivity index (χ3n) is 5.18. The number of hydrogen-bond donors (Lipinski definition) is 8. The van der Waals surface area contributed by atoms with Gasteiger partial charge in [-0.1, -0.05) is 26.0 Å².